The van der Waals surface area contributed by atoms with Crippen LogP contribution in [-0.2, 0) is 0 Å². The fourth-order valence-corrected chi connectivity index (χ4v) is 2.02. The van der Waals surface area contributed by atoms with Gasteiger partial charge in [-0.3, -0.25) is 0 Å². The molecule has 1 atom stereocenters. The second-order valence-electron chi connectivity index (χ2n) is 4.25. The van der Waals surface area contributed by atoms with Crippen molar-refractivity contribution in [3.63, 3.8) is 0 Å². The lowest BCUT2D eigenvalue weighted by molar-refractivity contribution is -0.139. The summed E-state index contributed by atoms with van der Waals surface area (Å²) in [5.74, 6) is -3.39. The van der Waals surface area contributed by atoms with Crippen molar-refractivity contribution < 1.29 is 26.1 Å². The largest absolute Gasteiger partial charge is 0.494 e. The van der Waals surface area contributed by atoms with E-state index in [-0.39, 0.29) is 0 Å². The second-order valence-corrected chi connectivity index (χ2v) is 4.25. The van der Waals surface area contributed by atoms with Crippen molar-refractivity contribution in [3.8, 4) is 0 Å². The number of halogens is 6. The molecule has 102 valence electrons. The van der Waals surface area contributed by atoms with Crippen LogP contribution in [0.25, 0.3) is 10.8 Å². The van der Waals surface area contributed by atoms with Crippen molar-refractivity contribution >= 4 is 17.7 Å². The molecule has 2 aromatic rings. The first-order valence-electron chi connectivity index (χ1n) is 5.45. The van der Waals surface area contributed by atoms with Gasteiger partial charge in [0, 0.05) is 5.82 Å². The number of rotatable bonds is 2. The van der Waals surface area contributed by atoms with Gasteiger partial charge in [0.25, 0.3) is 0 Å². The SMILES string of the molecule is F[B-](F)(F)C(c1ccc2ccccc2c1)C(F)(F)F. The molecule has 0 amide bonds. The number of fused-ring (bicyclic) bond motifs is 1. The first-order valence-corrected chi connectivity index (χ1v) is 5.45. The highest BCUT2D eigenvalue weighted by atomic mass is 19.4. The van der Waals surface area contributed by atoms with Gasteiger partial charge in [0.15, 0.2) is 0 Å². The summed E-state index contributed by atoms with van der Waals surface area (Å²) < 4.78 is 75.7. The van der Waals surface area contributed by atoms with Gasteiger partial charge in [0.2, 0.25) is 0 Å². The Hall–Kier alpha value is -1.66. The maximum atomic E-state index is 12.6. The Kier molecular flexibility index (Phi) is 3.24. The summed E-state index contributed by atoms with van der Waals surface area (Å²) in [5, 5.41) is 0.955. The maximum absolute atomic E-state index is 12.6. The molecular formula is C12H8BF6-. The van der Waals surface area contributed by atoms with Gasteiger partial charge in [-0.05, 0) is 10.8 Å². The minimum absolute atomic E-state index is 0.356. The zero-order valence-corrected chi connectivity index (χ0v) is 9.46. The molecule has 0 bridgehead atoms. The third kappa shape index (κ3) is 2.85. The topological polar surface area (TPSA) is 0 Å². The molecule has 0 radical (unpaired) electrons. The molecule has 0 fully saturated rings. The molecule has 0 heterocycles. The standard InChI is InChI=1S/C12H8BF6/c14-12(15,16)11(13(17,18)19)10-6-5-8-3-1-2-4-9(8)7-10/h1-7,11H/q-1. The smallest absolute Gasteiger partial charge is 0.448 e. The Balaban J connectivity index is 2.57. The molecule has 0 nitrogen and oxygen atoms in total. The van der Waals surface area contributed by atoms with E-state index in [1.807, 2.05) is 0 Å². The van der Waals surface area contributed by atoms with Crippen molar-refractivity contribution in [2.24, 2.45) is 0 Å². The van der Waals surface area contributed by atoms with Gasteiger partial charge in [-0.15, -0.1) is 0 Å². The third-order valence-electron chi connectivity index (χ3n) is 2.86. The molecule has 0 aliphatic carbocycles. The van der Waals surface area contributed by atoms with E-state index in [1.165, 1.54) is 12.1 Å². The van der Waals surface area contributed by atoms with Crippen LogP contribution in [0.5, 0.6) is 0 Å². The van der Waals surface area contributed by atoms with Crippen molar-refractivity contribution in [1.82, 2.24) is 0 Å². The molecular weight excluding hydrogens is 269 g/mol. The maximum Gasteiger partial charge on any atom is 0.494 e. The monoisotopic (exact) mass is 277 g/mol. The van der Waals surface area contributed by atoms with Crippen LogP contribution in [0.15, 0.2) is 42.5 Å². The summed E-state index contributed by atoms with van der Waals surface area (Å²) in [6.45, 7) is -6.04. The highest BCUT2D eigenvalue weighted by molar-refractivity contribution is 6.60. The number of hydrogen-bond donors (Lipinski definition) is 0. The average molecular weight is 277 g/mol. The van der Waals surface area contributed by atoms with Gasteiger partial charge in [0.1, 0.15) is 0 Å². The number of benzene rings is 2. The van der Waals surface area contributed by atoms with Crippen LogP contribution in [0.4, 0.5) is 26.1 Å². The normalized spacial score (nSPS) is 14.6. The molecule has 19 heavy (non-hydrogen) atoms. The van der Waals surface area contributed by atoms with E-state index in [4.69, 9.17) is 0 Å². The number of hydrogen-bond acceptors (Lipinski definition) is 0. The molecule has 0 saturated heterocycles. The van der Waals surface area contributed by atoms with E-state index in [0.29, 0.717) is 10.8 Å². The van der Waals surface area contributed by atoms with Crippen LogP contribution in [0.2, 0.25) is 0 Å². The molecule has 0 spiro atoms. The Morgan fingerprint density at radius 2 is 1.42 bits per heavy atom. The summed E-state index contributed by atoms with van der Waals surface area (Å²) in [6, 6.07) is 9.43. The quantitative estimate of drug-likeness (QED) is 0.542. The van der Waals surface area contributed by atoms with E-state index in [2.05, 4.69) is 0 Å². The van der Waals surface area contributed by atoms with Crippen molar-refractivity contribution in [3.05, 3.63) is 48.0 Å². The predicted octanol–water partition coefficient (Wildman–Crippen LogP) is 4.87. The summed E-state index contributed by atoms with van der Waals surface area (Å²) in [7, 11) is 0. The van der Waals surface area contributed by atoms with Crippen molar-refractivity contribution in [2.45, 2.75) is 12.0 Å². The fraction of sp³-hybridized carbons (Fsp3) is 0.167. The fourth-order valence-electron chi connectivity index (χ4n) is 2.02. The first-order chi connectivity index (χ1) is 8.69. The zero-order chi connectivity index (χ0) is 14.3. The molecule has 7 heteroatoms. The Morgan fingerprint density at radius 1 is 0.842 bits per heavy atom. The Labute approximate surface area is 105 Å². The summed E-state index contributed by atoms with van der Waals surface area (Å²) in [5.41, 5.74) is -0.765. The van der Waals surface area contributed by atoms with Crippen LogP contribution < -0.4 is 0 Å². The van der Waals surface area contributed by atoms with Gasteiger partial charge < -0.3 is 12.9 Å². The van der Waals surface area contributed by atoms with Crippen molar-refractivity contribution in [1.29, 1.82) is 0 Å². The van der Waals surface area contributed by atoms with E-state index >= 15 is 0 Å². The van der Waals surface area contributed by atoms with Crippen LogP contribution in [0, 0.1) is 0 Å². The van der Waals surface area contributed by atoms with Gasteiger partial charge >= 0.3 is 13.2 Å². The minimum Gasteiger partial charge on any atom is -0.448 e. The molecule has 0 aliphatic rings. The highest BCUT2D eigenvalue weighted by Crippen LogP contribution is 2.43. The lowest BCUT2D eigenvalue weighted by Gasteiger charge is -2.29. The summed E-state index contributed by atoms with van der Waals surface area (Å²) >= 11 is 0. The van der Waals surface area contributed by atoms with E-state index in [9.17, 15) is 26.1 Å². The van der Waals surface area contributed by atoms with Gasteiger partial charge in [-0.25, -0.2) is 0 Å². The third-order valence-corrected chi connectivity index (χ3v) is 2.86. The van der Waals surface area contributed by atoms with Crippen LogP contribution >= 0.6 is 0 Å². The van der Waals surface area contributed by atoms with E-state index < -0.39 is 24.5 Å². The zero-order valence-electron chi connectivity index (χ0n) is 9.46. The number of alkyl halides is 3. The summed E-state index contributed by atoms with van der Waals surface area (Å²) in [4.78, 5) is 0. The molecule has 0 aliphatic heterocycles. The second kappa shape index (κ2) is 4.47. The average Bonchev–Trinajstić information content (AvgIpc) is 2.25. The minimum atomic E-state index is -6.04. The Morgan fingerprint density at radius 3 is 1.95 bits per heavy atom. The summed E-state index contributed by atoms with van der Waals surface area (Å²) in [6.07, 6.45) is -5.33. The van der Waals surface area contributed by atoms with E-state index in [0.717, 1.165) is 12.1 Å². The van der Waals surface area contributed by atoms with Crippen LogP contribution in [0.3, 0.4) is 0 Å². The first kappa shape index (κ1) is 13.8. The van der Waals surface area contributed by atoms with Crippen LogP contribution in [0.1, 0.15) is 11.4 Å². The lowest BCUT2D eigenvalue weighted by atomic mass is 9.68. The molecule has 0 saturated carbocycles. The van der Waals surface area contributed by atoms with Gasteiger partial charge in [-0.2, -0.15) is 13.2 Å². The molecule has 2 rings (SSSR count). The molecule has 0 N–H and O–H groups in total. The van der Waals surface area contributed by atoms with Gasteiger partial charge in [0.05, 0.1) is 0 Å². The Bertz CT molecular complexity index is 573. The molecule has 1 unspecified atom stereocenters. The highest BCUT2D eigenvalue weighted by Gasteiger charge is 2.52. The van der Waals surface area contributed by atoms with Crippen LogP contribution in [-0.4, -0.2) is 13.2 Å². The molecule has 0 aromatic heterocycles. The molecule has 2 aromatic carbocycles. The predicted molar refractivity (Wildman–Crippen MR) is 61.8 cm³/mol. The van der Waals surface area contributed by atoms with Crippen molar-refractivity contribution in [2.75, 3.05) is 0 Å². The van der Waals surface area contributed by atoms with Gasteiger partial charge in [-0.1, -0.05) is 48.0 Å². The van der Waals surface area contributed by atoms with E-state index in [1.54, 1.807) is 18.2 Å². The lowest BCUT2D eigenvalue weighted by Crippen LogP contribution is -2.38.